The number of halogens is 3. The molecule has 0 atom stereocenters. The topological polar surface area (TPSA) is 18.5 Å². The van der Waals surface area contributed by atoms with E-state index < -0.39 is 0 Å². The smallest absolute Gasteiger partial charge is 0.183 e. The second kappa shape index (κ2) is 6.15. The molecule has 0 saturated carbocycles. The van der Waals surface area contributed by atoms with E-state index in [2.05, 4.69) is 47.8 Å². The molecule has 1 aliphatic heterocycles. The molecule has 0 aliphatic carbocycles. The monoisotopic (exact) mass is 426 g/mol. The highest BCUT2D eigenvalue weighted by Gasteiger charge is 2.35. The van der Waals surface area contributed by atoms with Crippen LogP contribution >= 0.6 is 47.8 Å². The summed E-state index contributed by atoms with van der Waals surface area (Å²) in [4.78, 5) is 0. The number of benzene rings is 1. The fraction of sp³-hybridized carbons (Fsp3) is 0.500. The number of rotatable bonds is 3. The molecular weight excluding hydrogens is 416 g/mol. The second-order valence-electron chi connectivity index (χ2n) is 4.27. The first-order valence-electron chi connectivity index (χ1n) is 5.30. The number of hydrogen-bond acceptors (Lipinski definition) is 2. The molecule has 5 heteroatoms. The third-order valence-corrected chi connectivity index (χ3v) is 5.70. The van der Waals surface area contributed by atoms with Crippen molar-refractivity contribution in [1.29, 1.82) is 0 Å². The fourth-order valence-electron chi connectivity index (χ4n) is 1.60. The van der Waals surface area contributed by atoms with E-state index in [9.17, 15) is 0 Å². The molecule has 2 rings (SSSR count). The van der Waals surface area contributed by atoms with Crippen molar-refractivity contribution in [1.82, 2.24) is 0 Å². The normalized spacial score (nSPS) is 20.4. The van der Waals surface area contributed by atoms with Gasteiger partial charge in [-0.3, -0.25) is 0 Å². The first-order valence-corrected chi connectivity index (χ1v) is 8.33. The van der Waals surface area contributed by atoms with Crippen LogP contribution in [-0.4, -0.2) is 23.9 Å². The maximum atomic E-state index is 5.80. The van der Waals surface area contributed by atoms with Gasteiger partial charge in [-0.25, -0.2) is 0 Å². The van der Waals surface area contributed by atoms with E-state index in [1.54, 1.807) is 0 Å². The Kier molecular flexibility index (Phi) is 5.06. The molecule has 0 spiro atoms. The van der Waals surface area contributed by atoms with E-state index in [-0.39, 0.29) is 11.7 Å². The molecule has 1 saturated heterocycles. The maximum Gasteiger partial charge on any atom is 0.183 e. The zero-order chi connectivity index (χ0) is 12.3. The Morgan fingerprint density at radius 2 is 1.59 bits per heavy atom. The predicted octanol–water partition coefficient (Wildman–Crippen LogP) is 4.27. The molecule has 1 heterocycles. The third kappa shape index (κ3) is 3.32. The lowest BCUT2D eigenvalue weighted by atomic mass is 9.95. The SMILES string of the molecule is BrCC1(CBr)COC(c2ccc(Br)cc2)OC1. The van der Waals surface area contributed by atoms with Crippen LogP contribution in [0.15, 0.2) is 28.7 Å². The Labute approximate surface area is 126 Å². The van der Waals surface area contributed by atoms with Crippen LogP contribution in [0.5, 0.6) is 0 Å². The molecule has 0 unspecified atom stereocenters. The van der Waals surface area contributed by atoms with Gasteiger partial charge in [0.05, 0.1) is 13.2 Å². The van der Waals surface area contributed by atoms with Crippen LogP contribution < -0.4 is 0 Å². The molecule has 0 amide bonds. The minimum absolute atomic E-state index is 0.0475. The molecule has 17 heavy (non-hydrogen) atoms. The van der Waals surface area contributed by atoms with Gasteiger partial charge in [-0.1, -0.05) is 59.9 Å². The largest absolute Gasteiger partial charge is 0.348 e. The molecule has 2 nitrogen and oxygen atoms in total. The number of alkyl halides is 2. The van der Waals surface area contributed by atoms with Crippen molar-refractivity contribution in [2.75, 3.05) is 23.9 Å². The van der Waals surface area contributed by atoms with Crippen molar-refractivity contribution >= 4 is 47.8 Å². The van der Waals surface area contributed by atoms with Crippen LogP contribution in [-0.2, 0) is 9.47 Å². The average Bonchev–Trinajstić information content (AvgIpc) is 2.40. The van der Waals surface area contributed by atoms with Crippen molar-refractivity contribution in [3.8, 4) is 0 Å². The summed E-state index contributed by atoms with van der Waals surface area (Å²) in [5.74, 6) is 0. The molecule has 94 valence electrons. The van der Waals surface area contributed by atoms with Gasteiger partial charge in [0.1, 0.15) is 0 Å². The molecule has 1 aromatic rings. The van der Waals surface area contributed by atoms with Crippen molar-refractivity contribution < 1.29 is 9.47 Å². The number of ether oxygens (including phenoxy) is 2. The van der Waals surface area contributed by atoms with Gasteiger partial charge in [0, 0.05) is 26.1 Å². The van der Waals surface area contributed by atoms with E-state index in [1.165, 1.54) is 0 Å². The molecule has 0 bridgehead atoms. The van der Waals surface area contributed by atoms with Gasteiger partial charge in [0.2, 0.25) is 0 Å². The highest BCUT2D eigenvalue weighted by molar-refractivity contribution is 9.10. The molecule has 0 aromatic heterocycles. The zero-order valence-electron chi connectivity index (χ0n) is 9.17. The maximum absolute atomic E-state index is 5.80. The van der Waals surface area contributed by atoms with Gasteiger partial charge in [0.15, 0.2) is 6.29 Å². The first-order chi connectivity index (χ1) is 8.19. The summed E-state index contributed by atoms with van der Waals surface area (Å²) in [5.41, 5.74) is 1.11. The van der Waals surface area contributed by atoms with Crippen LogP contribution in [0.1, 0.15) is 11.9 Å². The molecule has 1 fully saturated rings. The van der Waals surface area contributed by atoms with Gasteiger partial charge in [-0.2, -0.15) is 0 Å². The molecule has 1 aliphatic rings. The van der Waals surface area contributed by atoms with Crippen LogP contribution in [0, 0.1) is 5.41 Å². The Hall–Kier alpha value is 0.580. The zero-order valence-corrected chi connectivity index (χ0v) is 13.9. The summed E-state index contributed by atoms with van der Waals surface area (Å²) >= 11 is 10.5. The Morgan fingerprint density at radius 1 is 1.06 bits per heavy atom. The van der Waals surface area contributed by atoms with Gasteiger partial charge < -0.3 is 9.47 Å². The highest BCUT2D eigenvalue weighted by Crippen LogP contribution is 2.34. The van der Waals surface area contributed by atoms with Crippen LogP contribution in [0.25, 0.3) is 0 Å². The van der Waals surface area contributed by atoms with E-state index in [0.717, 1.165) is 20.7 Å². The summed E-state index contributed by atoms with van der Waals surface area (Å²) in [6.07, 6.45) is -0.241. The van der Waals surface area contributed by atoms with Gasteiger partial charge in [0.25, 0.3) is 0 Å². The standard InChI is InChI=1S/C12H13Br3O2/c13-5-12(6-14)7-16-11(17-8-12)9-1-3-10(15)4-2-9/h1-4,11H,5-8H2. The summed E-state index contributed by atoms with van der Waals surface area (Å²) in [6.45, 7) is 1.40. The Morgan fingerprint density at radius 3 is 2.06 bits per heavy atom. The first kappa shape index (κ1) is 14.0. The van der Waals surface area contributed by atoms with Crippen molar-refractivity contribution in [3.05, 3.63) is 34.3 Å². The van der Waals surface area contributed by atoms with Gasteiger partial charge >= 0.3 is 0 Å². The molecule has 1 aromatic carbocycles. The van der Waals surface area contributed by atoms with E-state index in [4.69, 9.17) is 9.47 Å². The number of hydrogen-bond donors (Lipinski definition) is 0. The predicted molar refractivity (Wildman–Crippen MR) is 78.8 cm³/mol. The third-order valence-electron chi connectivity index (χ3n) is 2.79. The minimum atomic E-state index is -0.241. The molecule has 0 radical (unpaired) electrons. The van der Waals surface area contributed by atoms with E-state index >= 15 is 0 Å². The lowest BCUT2D eigenvalue weighted by Crippen LogP contribution is -2.41. The lowest BCUT2D eigenvalue weighted by Gasteiger charge is -2.37. The van der Waals surface area contributed by atoms with Crippen LogP contribution in [0.4, 0.5) is 0 Å². The highest BCUT2D eigenvalue weighted by atomic mass is 79.9. The van der Waals surface area contributed by atoms with E-state index in [1.807, 2.05) is 24.3 Å². The van der Waals surface area contributed by atoms with Crippen molar-refractivity contribution in [3.63, 3.8) is 0 Å². The van der Waals surface area contributed by atoms with E-state index in [0.29, 0.717) is 13.2 Å². The second-order valence-corrected chi connectivity index (χ2v) is 6.31. The molecular formula is C12H13Br3O2. The lowest BCUT2D eigenvalue weighted by molar-refractivity contribution is -0.223. The quantitative estimate of drug-likeness (QED) is 0.669. The Balaban J connectivity index is 2.01. The average molecular weight is 429 g/mol. The molecule has 0 N–H and O–H groups in total. The fourth-order valence-corrected chi connectivity index (χ4v) is 3.44. The van der Waals surface area contributed by atoms with Crippen LogP contribution in [0.3, 0.4) is 0 Å². The summed E-state index contributed by atoms with van der Waals surface area (Å²) in [5, 5.41) is 1.75. The van der Waals surface area contributed by atoms with Crippen molar-refractivity contribution in [2.24, 2.45) is 5.41 Å². The summed E-state index contributed by atoms with van der Waals surface area (Å²) in [7, 11) is 0. The van der Waals surface area contributed by atoms with Gasteiger partial charge in [-0.05, 0) is 12.1 Å². The summed E-state index contributed by atoms with van der Waals surface area (Å²) < 4.78 is 12.7. The minimum Gasteiger partial charge on any atom is -0.348 e. The van der Waals surface area contributed by atoms with Gasteiger partial charge in [-0.15, -0.1) is 0 Å². The Bertz CT molecular complexity index is 353. The summed E-state index contributed by atoms with van der Waals surface area (Å²) in [6, 6.07) is 8.03. The van der Waals surface area contributed by atoms with Crippen molar-refractivity contribution in [2.45, 2.75) is 6.29 Å². The van der Waals surface area contributed by atoms with Crippen LogP contribution in [0.2, 0.25) is 0 Å².